The highest BCUT2D eigenvalue weighted by Gasteiger charge is 2.18. The maximum absolute atomic E-state index is 6.12. The number of fused-ring (bicyclic) bond motifs is 3. The summed E-state index contributed by atoms with van der Waals surface area (Å²) in [7, 11) is 0. The highest BCUT2D eigenvalue weighted by molar-refractivity contribution is 6.11. The third-order valence-corrected chi connectivity index (χ3v) is 6.65. The molecule has 0 aliphatic carbocycles. The average Bonchev–Trinajstić information content (AvgIpc) is 3.32. The van der Waals surface area contributed by atoms with Gasteiger partial charge in [0, 0.05) is 58.7 Å². The minimum absolute atomic E-state index is 0.556. The zero-order valence-corrected chi connectivity index (χ0v) is 20.9. The zero-order chi connectivity index (χ0) is 26.0. The first-order chi connectivity index (χ1) is 19.3. The first-order valence-corrected chi connectivity index (χ1v) is 12.7. The zero-order valence-electron chi connectivity index (χ0n) is 20.9. The van der Waals surface area contributed by atoms with Crippen molar-refractivity contribution in [3.8, 4) is 17.3 Å². The number of anilines is 3. The number of hydrogen-bond donors (Lipinski definition) is 0. The molecule has 0 N–H and O–H groups in total. The van der Waals surface area contributed by atoms with Gasteiger partial charge >= 0.3 is 0 Å². The summed E-state index contributed by atoms with van der Waals surface area (Å²) < 4.78 is 8.37. The Kier molecular flexibility index (Phi) is 5.68. The van der Waals surface area contributed by atoms with E-state index in [2.05, 4.69) is 66.9 Å². The summed E-state index contributed by atoms with van der Waals surface area (Å²) >= 11 is 0. The second-order valence-electron chi connectivity index (χ2n) is 9.05. The van der Waals surface area contributed by atoms with E-state index in [1.807, 2.05) is 91.4 Å². The molecule has 0 saturated carbocycles. The van der Waals surface area contributed by atoms with Gasteiger partial charge in [0.2, 0.25) is 5.88 Å². The van der Waals surface area contributed by atoms with Gasteiger partial charge in [0.15, 0.2) is 0 Å². The van der Waals surface area contributed by atoms with Crippen molar-refractivity contribution in [2.45, 2.75) is 0 Å². The van der Waals surface area contributed by atoms with E-state index in [4.69, 9.17) is 4.74 Å². The molecule has 0 aliphatic rings. The van der Waals surface area contributed by atoms with Crippen LogP contribution in [0.1, 0.15) is 0 Å². The standard InChI is InChI=1S/C33H23N5O/c1-2-8-24(9-3-1)37(32-10-4-6-18-35-32)26-12-14-30-28(22-26)29-23-27(39-33-11-5-7-19-36-33)13-15-31(29)38(30)25-16-20-34-21-17-25/h1-23H. The van der Waals surface area contributed by atoms with E-state index in [1.54, 1.807) is 6.20 Å². The van der Waals surface area contributed by atoms with Crippen molar-refractivity contribution in [3.05, 3.63) is 140 Å². The Labute approximate surface area is 225 Å². The third kappa shape index (κ3) is 4.24. The quantitative estimate of drug-likeness (QED) is 0.228. The van der Waals surface area contributed by atoms with Crippen molar-refractivity contribution in [1.82, 2.24) is 19.5 Å². The van der Waals surface area contributed by atoms with Gasteiger partial charge in [0.05, 0.1) is 11.0 Å². The van der Waals surface area contributed by atoms with Gasteiger partial charge in [-0.1, -0.05) is 30.3 Å². The van der Waals surface area contributed by atoms with E-state index >= 15 is 0 Å². The first-order valence-electron chi connectivity index (χ1n) is 12.7. The number of para-hydroxylation sites is 1. The van der Waals surface area contributed by atoms with Crippen LogP contribution in [0.2, 0.25) is 0 Å². The molecule has 0 bridgehead atoms. The van der Waals surface area contributed by atoms with Crippen molar-refractivity contribution >= 4 is 39.0 Å². The number of nitrogens with zero attached hydrogens (tertiary/aromatic N) is 5. The van der Waals surface area contributed by atoms with Crippen LogP contribution in [-0.2, 0) is 0 Å². The normalized spacial score (nSPS) is 11.1. The summed E-state index contributed by atoms with van der Waals surface area (Å²) in [4.78, 5) is 15.4. The van der Waals surface area contributed by atoms with Crippen LogP contribution in [0.25, 0.3) is 27.5 Å². The Morgan fingerprint density at radius 3 is 2.03 bits per heavy atom. The second-order valence-corrected chi connectivity index (χ2v) is 9.05. The minimum atomic E-state index is 0.556. The van der Waals surface area contributed by atoms with Gasteiger partial charge in [-0.15, -0.1) is 0 Å². The number of rotatable bonds is 6. The molecular formula is C33H23N5O. The van der Waals surface area contributed by atoms with Crippen LogP contribution >= 0.6 is 0 Å². The van der Waals surface area contributed by atoms with Crippen LogP contribution < -0.4 is 9.64 Å². The molecule has 0 amide bonds. The number of aromatic nitrogens is 4. The van der Waals surface area contributed by atoms with Crippen LogP contribution in [0.5, 0.6) is 11.6 Å². The SMILES string of the molecule is c1ccc(N(c2ccc3c(c2)c2cc(Oc4ccccn4)ccc2n3-c2ccncc2)c2ccccn2)cc1. The summed E-state index contributed by atoms with van der Waals surface area (Å²) in [6, 6.07) is 38.7. The molecule has 6 nitrogen and oxygen atoms in total. The van der Waals surface area contributed by atoms with Gasteiger partial charge < -0.3 is 9.30 Å². The number of hydrogen-bond acceptors (Lipinski definition) is 5. The fourth-order valence-corrected chi connectivity index (χ4v) is 4.97. The molecule has 4 heterocycles. The van der Waals surface area contributed by atoms with Crippen LogP contribution in [0, 0.1) is 0 Å². The van der Waals surface area contributed by atoms with E-state index in [0.717, 1.165) is 50.4 Å². The Morgan fingerprint density at radius 1 is 0.564 bits per heavy atom. The van der Waals surface area contributed by atoms with E-state index in [9.17, 15) is 0 Å². The Hall–Kier alpha value is -5.49. The van der Waals surface area contributed by atoms with Crippen molar-refractivity contribution < 1.29 is 4.74 Å². The maximum Gasteiger partial charge on any atom is 0.219 e. The molecule has 0 saturated heterocycles. The summed E-state index contributed by atoms with van der Waals surface area (Å²) in [6.45, 7) is 0. The predicted octanol–water partition coefficient (Wildman–Crippen LogP) is 8.23. The fraction of sp³-hybridized carbons (Fsp3) is 0. The molecule has 0 radical (unpaired) electrons. The number of ether oxygens (including phenoxy) is 1. The van der Waals surface area contributed by atoms with Gasteiger partial charge in [-0.3, -0.25) is 9.88 Å². The number of benzene rings is 3. The highest BCUT2D eigenvalue weighted by atomic mass is 16.5. The van der Waals surface area contributed by atoms with Crippen LogP contribution in [-0.4, -0.2) is 19.5 Å². The lowest BCUT2D eigenvalue weighted by molar-refractivity contribution is 0.463. The fourth-order valence-electron chi connectivity index (χ4n) is 4.97. The van der Waals surface area contributed by atoms with Gasteiger partial charge in [-0.05, 0) is 78.9 Å². The minimum Gasteiger partial charge on any atom is -0.439 e. The monoisotopic (exact) mass is 505 g/mol. The Bertz CT molecular complexity index is 1830. The van der Waals surface area contributed by atoms with Crippen molar-refractivity contribution in [2.75, 3.05) is 4.90 Å². The predicted molar refractivity (Wildman–Crippen MR) is 155 cm³/mol. The molecule has 7 rings (SSSR count). The molecule has 186 valence electrons. The molecule has 0 spiro atoms. The molecule has 0 fully saturated rings. The molecule has 6 heteroatoms. The smallest absolute Gasteiger partial charge is 0.219 e. The lowest BCUT2D eigenvalue weighted by Crippen LogP contribution is -2.11. The summed E-state index contributed by atoms with van der Waals surface area (Å²) in [5, 5.41) is 2.17. The molecular weight excluding hydrogens is 482 g/mol. The molecule has 0 unspecified atom stereocenters. The van der Waals surface area contributed by atoms with Crippen LogP contribution in [0.4, 0.5) is 17.2 Å². The Morgan fingerprint density at radius 2 is 1.28 bits per heavy atom. The van der Waals surface area contributed by atoms with Crippen LogP contribution in [0.3, 0.4) is 0 Å². The lowest BCUT2D eigenvalue weighted by atomic mass is 10.1. The van der Waals surface area contributed by atoms with Gasteiger partial charge in [-0.25, -0.2) is 9.97 Å². The summed E-state index contributed by atoms with van der Waals surface area (Å²) in [6.07, 6.45) is 7.18. The lowest BCUT2D eigenvalue weighted by Gasteiger charge is -2.24. The van der Waals surface area contributed by atoms with Gasteiger partial charge in [0.1, 0.15) is 11.6 Å². The van der Waals surface area contributed by atoms with E-state index in [-0.39, 0.29) is 0 Å². The average molecular weight is 506 g/mol. The first kappa shape index (κ1) is 22.7. The summed E-state index contributed by atoms with van der Waals surface area (Å²) in [5.74, 6) is 2.13. The molecule has 4 aromatic heterocycles. The topological polar surface area (TPSA) is 56.1 Å². The molecule has 39 heavy (non-hydrogen) atoms. The van der Waals surface area contributed by atoms with Crippen molar-refractivity contribution in [3.63, 3.8) is 0 Å². The number of pyridine rings is 3. The third-order valence-electron chi connectivity index (χ3n) is 6.65. The Balaban J connectivity index is 1.46. The molecule has 7 aromatic rings. The molecule has 0 atom stereocenters. The molecule has 3 aromatic carbocycles. The van der Waals surface area contributed by atoms with Crippen molar-refractivity contribution in [2.24, 2.45) is 0 Å². The largest absolute Gasteiger partial charge is 0.439 e. The second kappa shape index (κ2) is 9.76. The maximum atomic E-state index is 6.12. The summed E-state index contributed by atoms with van der Waals surface area (Å²) in [5.41, 5.74) is 5.25. The highest BCUT2D eigenvalue weighted by Crippen LogP contribution is 2.40. The van der Waals surface area contributed by atoms with Gasteiger partial charge in [0.25, 0.3) is 0 Å². The molecule has 0 aliphatic heterocycles. The van der Waals surface area contributed by atoms with Gasteiger partial charge in [-0.2, -0.15) is 0 Å². The van der Waals surface area contributed by atoms with Crippen LogP contribution in [0.15, 0.2) is 140 Å². The van der Waals surface area contributed by atoms with Crippen molar-refractivity contribution in [1.29, 1.82) is 0 Å². The van der Waals surface area contributed by atoms with E-state index in [0.29, 0.717) is 5.88 Å². The van der Waals surface area contributed by atoms with E-state index in [1.165, 1.54) is 0 Å². The van der Waals surface area contributed by atoms with E-state index < -0.39 is 0 Å².